The van der Waals surface area contributed by atoms with Crippen molar-refractivity contribution in [3.05, 3.63) is 54.1 Å². The molecule has 3 rings (SSSR count). The number of nitrogens with zero attached hydrogens (tertiary/aromatic N) is 2. The summed E-state index contributed by atoms with van der Waals surface area (Å²) in [5, 5.41) is 2.81. The highest BCUT2D eigenvalue weighted by Crippen LogP contribution is 2.30. The zero-order valence-corrected chi connectivity index (χ0v) is 23.9. The lowest BCUT2D eigenvalue weighted by atomic mass is 10.1. The standard InChI is InChI=1S/C30H39N3O5S/c1-4-7-8-9-10-19-33-27(34)21-26(28(35)31-23-15-17-25(18-16-23)38-20-5-2)39-30(33)32-24-13-11-22(12-14-24)29(36)37-6-3/h11-18,26H,4-10,19-21H2,1-3H3,(H,31,35). The number of hydrogen-bond acceptors (Lipinski definition) is 7. The Bertz CT molecular complexity index is 1120. The van der Waals surface area contributed by atoms with Crippen molar-refractivity contribution in [2.45, 2.75) is 71.0 Å². The number of carbonyl (C=O) groups excluding carboxylic acids is 3. The number of hydrogen-bond donors (Lipinski definition) is 1. The van der Waals surface area contributed by atoms with E-state index in [4.69, 9.17) is 14.5 Å². The summed E-state index contributed by atoms with van der Waals surface area (Å²) in [5.74, 6) is -0.0116. The Balaban J connectivity index is 1.74. The summed E-state index contributed by atoms with van der Waals surface area (Å²) >= 11 is 1.29. The minimum Gasteiger partial charge on any atom is -0.494 e. The number of thioether (sulfide) groups is 1. The van der Waals surface area contributed by atoms with Crippen molar-refractivity contribution in [3.8, 4) is 5.75 Å². The van der Waals surface area contributed by atoms with Gasteiger partial charge in [0, 0.05) is 18.7 Å². The van der Waals surface area contributed by atoms with Gasteiger partial charge in [0.15, 0.2) is 5.17 Å². The molecular weight excluding hydrogens is 514 g/mol. The third-order valence-corrected chi connectivity index (χ3v) is 7.30. The van der Waals surface area contributed by atoms with Crippen LogP contribution in [0.1, 0.15) is 76.1 Å². The molecule has 1 aliphatic heterocycles. The lowest BCUT2D eigenvalue weighted by Gasteiger charge is -2.32. The number of amidine groups is 1. The summed E-state index contributed by atoms with van der Waals surface area (Å²) in [6, 6.07) is 14.0. The molecule has 9 heteroatoms. The first kappa shape index (κ1) is 30.2. The van der Waals surface area contributed by atoms with E-state index < -0.39 is 11.2 Å². The van der Waals surface area contributed by atoms with Crippen LogP contribution in [0.25, 0.3) is 0 Å². The quantitative estimate of drug-likeness (QED) is 0.210. The largest absolute Gasteiger partial charge is 0.494 e. The van der Waals surface area contributed by atoms with Crippen molar-refractivity contribution in [2.24, 2.45) is 4.99 Å². The Morgan fingerprint density at radius 3 is 2.36 bits per heavy atom. The molecule has 0 aliphatic carbocycles. The van der Waals surface area contributed by atoms with Crippen molar-refractivity contribution >= 4 is 46.1 Å². The van der Waals surface area contributed by atoms with E-state index in [1.807, 2.05) is 19.1 Å². The van der Waals surface area contributed by atoms with E-state index in [2.05, 4.69) is 12.2 Å². The zero-order valence-electron chi connectivity index (χ0n) is 23.1. The first-order valence-electron chi connectivity index (χ1n) is 13.8. The highest BCUT2D eigenvalue weighted by Gasteiger charge is 2.35. The number of nitrogens with one attached hydrogen (secondary N) is 1. The molecule has 0 saturated carbocycles. The number of rotatable bonds is 14. The molecule has 39 heavy (non-hydrogen) atoms. The molecular formula is C30H39N3O5S. The molecule has 1 N–H and O–H groups in total. The van der Waals surface area contributed by atoms with Gasteiger partial charge in [-0.05, 0) is 68.3 Å². The number of anilines is 1. The lowest BCUT2D eigenvalue weighted by molar-refractivity contribution is -0.129. The van der Waals surface area contributed by atoms with E-state index in [1.54, 1.807) is 48.2 Å². The maximum atomic E-state index is 13.2. The molecule has 2 aromatic carbocycles. The van der Waals surface area contributed by atoms with E-state index in [1.165, 1.54) is 18.2 Å². The molecule has 2 aromatic rings. The number of aliphatic imine (C=N–C) groups is 1. The number of amides is 2. The molecule has 1 atom stereocenters. The molecule has 0 radical (unpaired) electrons. The van der Waals surface area contributed by atoms with Crippen molar-refractivity contribution in [1.29, 1.82) is 0 Å². The average molecular weight is 554 g/mol. The van der Waals surface area contributed by atoms with Crippen molar-refractivity contribution < 1.29 is 23.9 Å². The van der Waals surface area contributed by atoms with E-state index in [-0.39, 0.29) is 18.2 Å². The minimum absolute atomic E-state index is 0.101. The predicted molar refractivity (Wildman–Crippen MR) is 157 cm³/mol. The Kier molecular flexibility index (Phi) is 12.3. The number of carbonyl (C=O) groups is 3. The predicted octanol–water partition coefficient (Wildman–Crippen LogP) is 6.58. The topological polar surface area (TPSA) is 97.3 Å². The van der Waals surface area contributed by atoms with Crippen LogP contribution < -0.4 is 10.1 Å². The van der Waals surface area contributed by atoms with Crippen LogP contribution >= 0.6 is 11.8 Å². The van der Waals surface area contributed by atoms with Gasteiger partial charge in [0.1, 0.15) is 11.0 Å². The first-order valence-corrected chi connectivity index (χ1v) is 14.7. The SMILES string of the molecule is CCCCCCCN1C(=O)CC(C(=O)Nc2ccc(OCCC)cc2)SC1=Nc1ccc(C(=O)OCC)cc1. The third kappa shape index (κ3) is 9.42. The Morgan fingerprint density at radius 1 is 0.974 bits per heavy atom. The van der Waals surface area contributed by atoms with Crippen molar-refractivity contribution in [2.75, 3.05) is 25.1 Å². The Labute approximate surface area is 235 Å². The van der Waals surface area contributed by atoms with Gasteiger partial charge in [0.25, 0.3) is 0 Å². The van der Waals surface area contributed by atoms with Gasteiger partial charge in [-0.2, -0.15) is 0 Å². The van der Waals surface area contributed by atoms with Crippen LogP contribution in [-0.4, -0.2) is 52.9 Å². The van der Waals surface area contributed by atoms with Gasteiger partial charge in [-0.1, -0.05) is 51.3 Å². The van der Waals surface area contributed by atoms with Gasteiger partial charge in [0.2, 0.25) is 11.8 Å². The van der Waals surface area contributed by atoms with Crippen LogP contribution in [0.3, 0.4) is 0 Å². The second-order valence-electron chi connectivity index (χ2n) is 9.29. The molecule has 0 aromatic heterocycles. The highest BCUT2D eigenvalue weighted by molar-refractivity contribution is 8.15. The smallest absolute Gasteiger partial charge is 0.338 e. The molecule has 1 heterocycles. The normalized spacial score (nSPS) is 16.3. The van der Waals surface area contributed by atoms with Crippen molar-refractivity contribution in [1.82, 2.24) is 4.90 Å². The lowest BCUT2D eigenvalue weighted by Crippen LogP contribution is -2.45. The van der Waals surface area contributed by atoms with E-state index in [9.17, 15) is 14.4 Å². The molecule has 1 saturated heterocycles. The number of ether oxygens (including phenoxy) is 2. The van der Waals surface area contributed by atoms with Gasteiger partial charge >= 0.3 is 5.97 Å². The minimum atomic E-state index is -0.609. The van der Waals surface area contributed by atoms with Gasteiger partial charge in [-0.3, -0.25) is 14.5 Å². The number of esters is 1. The van der Waals surface area contributed by atoms with Gasteiger partial charge < -0.3 is 14.8 Å². The summed E-state index contributed by atoms with van der Waals surface area (Å²) < 4.78 is 10.7. The number of benzene rings is 2. The van der Waals surface area contributed by atoms with Gasteiger partial charge in [-0.15, -0.1) is 0 Å². The van der Waals surface area contributed by atoms with Crippen LogP contribution in [0, 0.1) is 0 Å². The molecule has 1 fully saturated rings. The third-order valence-electron chi connectivity index (χ3n) is 6.12. The fraction of sp³-hybridized carbons (Fsp3) is 0.467. The summed E-state index contributed by atoms with van der Waals surface area (Å²) in [5.41, 5.74) is 1.67. The van der Waals surface area contributed by atoms with Crippen LogP contribution in [0.4, 0.5) is 11.4 Å². The first-order chi connectivity index (χ1) is 18.9. The van der Waals surface area contributed by atoms with Gasteiger partial charge in [-0.25, -0.2) is 9.79 Å². The summed E-state index contributed by atoms with van der Waals surface area (Å²) in [4.78, 5) is 44.8. The van der Waals surface area contributed by atoms with Crippen LogP contribution in [0.5, 0.6) is 5.75 Å². The Morgan fingerprint density at radius 2 is 1.69 bits per heavy atom. The molecule has 2 amide bonds. The van der Waals surface area contributed by atoms with Crippen molar-refractivity contribution in [3.63, 3.8) is 0 Å². The molecule has 1 unspecified atom stereocenters. The molecule has 210 valence electrons. The zero-order chi connectivity index (χ0) is 28.0. The molecule has 1 aliphatic rings. The fourth-order valence-electron chi connectivity index (χ4n) is 4.01. The van der Waals surface area contributed by atoms with E-state index in [0.717, 1.165) is 37.9 Å². The maximum absolute atomic E-state index is 13.2. The molecule has 0 spiro atoms. The number of unbranched alkanes of at least 4 members (excludes halogenated alkanes) is 4. The second-order valence-corrected chi connectivity index (χ2v) is 10.5. The molecule has 0 bridgehead atoms. The second kappa shape index (κ2) is 15.9. The monoisotopic (exact) mass is 553 g/mol. The maximum Gasteiger partial charge on any atom is 0.338 e. The highest BCUT2D eigenvalue weighted by atomic mass is 32.2. The fourth-order valence-corrected chi connectivity index (χ4v) is 5.13. The molecule has 8 nitrogen and oxygen atoms in total. The summed E-state index contributed by atoms with van der Waals surface area (Å²) in [6.45, 7) is 7.47. The van der Waals surface area contributed by atoms with Crippen LogP contribution in [0.15, 0.2) is 53.5 Å². The summed E-state index contributed by atoms with van der Waals surface area (Å²) in [7, 11) is 0. The van der Waals surface area contributed by atoms with Gasteiger partial charge in [0.05, 0.1) is 24.5 Å². The average Bonchev–Trinajstić information content (AvgIpc) is 2.94. The Hall–Kier alpha value is -3.33. The van der Waals surface area contributed by atoms with Crippen LogP contribution in [0.2, 0.25) is 0 Å². The summed E-state index contributed by atoms with van der Waals surface area (Å²) in [6.07, 6.45) is 6.37. The van der Waals surface area contributed by atoms with E-state index in [0.29, 0.717) is 41.9 Å². The van der Waals surface area contributed by atoms with Crippen LogP contribution in [-0.2, 0) is 14.3 Å². The van der Waals surface area contributed by atoms with E-state index >= 15 is 0 Å².